The molecule has 7 nitrogen and oxygen atoms in total. The Morgan fingerprint density at radius 2 is 2.61 bits per heavy atom. The molecule has 100 valence electrons. The molecule has 18 heavy (non-hydrogen) atoms. The fourth-order valence-electron chi connectivity index (χ4n) is 2.19. The Kier molecular flexibility index (Phi) is 3.95. The van der Waals surface area contributed by atoms with Gasteiger partial charge in [0.2, 0.25) is 0 Å². The Hall–Kier alpha value is -1.44. The molecule has 2 unspecified atom stereocenters. The summed E-state index contributed by atoms with van der Waals surface area (Å²) in [6.07, 6.45) is 0.686. The normalized spacial score (nSPS) is 22.1. The zero-order valence-electron chi connectivity index (χ0n) is 10.3. The molecular formula is C11H18N4O3. The van der Waals surface area contributed by atoms with Crippen LogP contribution in [0.2, 0.25) is 0 Å². The van der Waals surface area contributed by atoms with Gasteiger partial charge in [-0.05, 0) is 25.8 Å². The maximum absolute atomic E-state index is 11.2. The summed E-state index contributed by atoms with van der Waals surface area (Å²) in [6.45, 7) is 4.14. The lowest BCUT2D eigenvalue weighted by Gasteiger charge is -2.15. The molecule has 1 aliphatic rings. The SMILES string of the molecule is CC(O)C1CCN(Cc2cc(C(=O)NN)no2)C1. The van der Waals surface area contributed by atoms with Crippen molar-refractivity contribution in [1.29, 1.82) is 0 Å². The van der Waals surface area contributed by atoms with Gasteiger partial charge in [0.1, 0.15) is 0 Å². The summed E-state index contributed by atoms with van der Waals surface area (Å²) < 4.78 is 5.07. The van der Waals surface area contributed by atoms with Crippen LogP contribution in [0.1, 0.15) is 29.6 Å². The Morgan fingerprint density at radius 3 is 3.22 bits per heavy atom. The fourth-order valence-corrected chi connectivity index (χ4v) is 2.19. The van der Waals surface area contributed by atoms with Crippen molar-refractivity contribution in [3.05, 3.63) is 17.5 Å². The predicted molar refractivity (Wildman–Crippen MR) is 63.2 cm³/mol. The van der Waals surface area contributed by atoms with E-state index in [-0.39, 0.29) is 11.8 Å². The van der Waals surface area contributed by atoms with Gasteiger partial charge in [-0.25, -0.2) is 5.84 Å². The lowest BCUT2D eigenvalue weighted by molar-refractivity contribution is 0.0944. The summed E-state index contributed by atoms with van der Waals surface area (Å²) in [7, 11) is 0. The number of hydrogen-bond donors (Lipinski definition) is 3. The van der Waals surface area contributed by atoms with E-state index in [1.54, 1.807) is 6.07 Å². The van der Waals surface area contributed by atoms with Crippen molar-refractivity contribution in [2.24, 2.45) is 11.8 Å². The van der Waals surface area contributed by atoms with Gasteiger partial charge in [0.25, 0.3) is 5.91 Å². The molecule has 7 heteroatoms. The number of rotatable bonds is 4. The first-order chi connectivity index (χ1) is 8.60. The number of nitrogens with zero attached hydrogens (tertiary/aromatic N) is 2. The van der Waals surface area contributed by atoms with E-state index in [4.69, 9.17) is 10.4 Å². The second kappa shape index (κ2) is 5.47. The number of hydrazine groups is 1. The van der Waals surface area contributed by atoms with Gasteiger partial charge < -0.3 is 9.63 Å². The van der Waals surface area contributed by atoms with Gasteiger partial charge >= 0.3 is 0 Å². The topological polar surface area (TPSA) is 105 Å². The van der Waals surface area contributed by atoms with Crippen LogP contribution >= 0.6 is 0 Å². The number of nitrogens with one attached hydrogen (secondary N) is 1. The molecule has 0 radical (unpaired) electrons. The highest BCUT2D eigenvalue weighted by molar-refractivity contribution is 5.91. The van der Waals surface area contributed by atoms with E-state index in [0.29, 0.717) is 18.2 Å². The molecule has 0 saturated carbocycles. The molecule has 2 atom stereocenters. The standard InChI is InChI=1S/C11H18N4O3/c1-7(16)8-2-3-15(5-8)6-9-4-10(14-18-9)11(17)13-12/h4,7-8,16H,2-3,5-6,12H2,1H3,(H,13,17). The quantitative estimate of drug-likeness (QED) is 0.379. The molecule has 0 aromatic carbocycles. The van der Waals surface area contributed by atoms with E-state index in [0.717, 1.165) is 19.5 Å². The Bertz CT molecular complexity index is 418. The molecule has 0 aliphatic carbocycles. The number of hydrogen-bond acceptors (Lipinski definition) is 6. The zero-order chi connectivity index (χ0) is 13.1. The number of aromatic nitrogens is 1. The fraction of sp³-hybridized carbons (Fsp3) is 0.636. The lowest BCUT2D eigenvalue weighted by atomic mass is 10.0. The van der Waals surface area contributed by atoms with Crippen LogP contribution in [-0.4, -0.2) is 40.3 Å². The van der Waals surface area contributed by atoms with E-state index in [2.05, 4.69) is 10.1 Å². The van der Waals surface area contributed by atoms with Gasteiger partial charge in [-0.2, -0.15) is 0 Å². The highest BCUT2D eigenvalue weighted by atomic mass is 16.5. The molecule has 1 amide bonds. The largest absolute Gasteiger partial charge is 0.393 e. The second-order valence-electron chi connectivity index (χ2n) is 4.68. The Labute approximate surface area is 105 Å². The number of nitrogen functional groups attached to an aromatic ring is 1. The summed E-state index contributed by atoms with van der Waals surface area (Å²) in [5.41, 5.74) is 2.18. The minimum absolute atomic E-state index is 0.179. The van der Waals surface area contributed by atoms with E-state index in [9.17, 15) is 9.90 Å². The van der Waals surface area contributed by atoms with Crippen molar-refractivity contribution in [1.82, 2.24) is 15.5 Å². The van der Waals surface area contributed by atoms with Gasteiger partial charge in [-0.3, -0.25) is 15.1 Å². The number of nitrogens with two attached hydrogens (primary N) is 1. The minimum atomic E-state index is -0.465. The molecule has 4 N–H and O–H groups in total. The number of carbonyl (C=O) groups is 1. The van der Waals surface area contributed by atoms with E-state index >= 15 is 0 Å². The third-order valence-electron chi connectivity index (χ3n) is 3.29. The molecule has 1 fully saturated rings. The van der Waals surface area contributed by atoms with Gasteiger partial charge in [0.15, 0.2) is 11.5 Å². The van der Waals surface area contributed by atoms with Crippen molar-refractivity contribution >= 4 is 5.91 Å². The first kappa shape index (κ1) is 13.0. The molecule has 1 aromatic heterocycles. The third kappa shape index (κ3) is 2.87. The molecule has 1 aromatic rings. The van der Waals surface area contributed by atoms with Crippen LogP contribution < -0.4 is 11.3 Å². The summed E-state index contributed by atoms with van der Waals surface area (Å²) in [6, 6.07) is 1.58. The van der Waals surface area contributed by atoms with Crippen molar-refractivity contribution in [3.63, 3.8) is 0 Å². The number of likely N-dealkylation sites (tertiary alicyclic amines) is 1. The van der Waals surface area contributed by atoms with E-state index in [1.807, 2.05) is 12.3 Å². The first-order valence-corrected chi connectivity index (χ1v) is 5.97. The summed E-state index contributed by atoms with van der Waals surface area (Å²) in [4.78, 5) is 13.4. The van der Waals surface area contributed by atoms with E-state index in [1.165, 1.54) is 0 Å². The summed E-state index contributed by atoms with van der Waals surface area (Å²) in [5.74, 6) is 5.47. The second-order valence-corrected chi connectivity index (χ2v) is 4.68. The van der Waals surface area contributed by atoms with Crippen LogP contribution in [0.25, 0.3) is 0 Å². The van der Waals surface area contributed by atoms with Gasteiger partial charge in [0, 0.05) is 12.6 Å². The first-order valence-electron chi connectivity index (χ1n) is 5.97. The molecule has 0 bridgehead atoms. The maximum atomic E-state index is 11.2. The third-order valence-corrected chi connectivity index (χ3v) is 3.29. The number of amides is 1. The monoisotopic (exact) mass is 254 g/mol. The van der Waals surface area contributed by atoms with Crippen molar-refractivity contribution < 1.29 is 14.4 Å². The van der Waals surface area contributed by atoms with Crippen LogP contribution in [-0.2, 0) is 6.54 Å². The van der Waals surface area contributed by atoms with Crippen LogP contribution in [0.5, 0.6) is 0 Å². The number of carbonyl (C=O) groups excluding carboxylic acids is 1. The van der Waals surface area contributed by atoms with Crippen LogP contribution in [0.4, 0.5) is 0 Å². The molecule has 0 spiro atoms. The number of aliphatic hydroxyl groups excluding tert-OH is 1. The van der Waals surface area contributed by atoms with Crippen LogP contribution in [0.3, 0.4) is 0 Å². The Morgan fingerprint density at radius 1 is 1.83 bits per heavy atom. The average molecular weight is 254 g/mol. The van der Waals surface area contributed by atoms with Crippen LogP contribution in [0.15, 0.2) is 10.6 Å². The number of aliphatic hydroxyl groups is 1. The summed E-state index contributed by atoms with van der Waals surface area (Å²) >= 11 is 0. The van der Waals surface area contributed by atoms with E-state index < -0.39 is 5.91 Å². The molecule has 2 heterocycles. The van der Waals surface area contributed by atoms with Gasteiger partial charge in [-0.1, -0.05) is 5.16 Å². The highest BCUT2D eigenvalue weighted by Crippen LogP contribution is 2.21. The van der Waals surface area contributed by atoms with Gasteiger partial charge in [0.05, 0.1) is 12.6 Å². The zero-order valence-corrected chi connectivity index (χ0v) is 10.3. The predicted octanol–water partition coefficient (Wildman–Crippen LogP) is -0.519. The minimum Gasteiger partial charge on any atom is -0.393 e. The molecule has 1 saturated heterocycles. The average Bonchev–Trinajstić information content (AvgIpc) is 2.98. The highest BCUT2D eigenvalue weighted by Gasteiger charge is 2.26. The van der Waals surface area contributed by atoms with Crippen molar-refractivity contribution in [2.75, 3.05) is 13.1 Å². The lowest BCUT2D eigenvalue weighted by Crippen LogP contribution is -2.30. The molecule has 2 rings (SSSR count). The van der Waals surface area contributed by atoms with Gasteiger partial charge in [-0.15, -0.1) is 0 Å². The Balaban J connectivity index is 1.91. The van der Waals surface area contributed by atoms with Crippen molar-refractivity contribution in [2.45, 2.75) is 26.0 Å². The smallest absolute Gasteiger partial charge is 0.287 e. The molecular weight excluding hydrogens is 236 g/mol. The van der Waals surface area contributed by atoms with Crippen molar-refractivity contribution in [3.8, 4) is 0 Å². The summed E-state index contributed by atoms with van der Waals surface area (Å²) in [5, 5.41) is 13.2. The molecule has 1 aliphatic heterocycles. The maximum Gasteiger partial charge on any atom is 0.287 e. The van der Waals surface area contributed by atoms with Crippen LogP contribution in [0, 0.1) is 5.92 Å².